The molecule has 0 saturated carbocycles. The summed E-state index contributed by atoms with van der Waals surface area (Å²) in [5, 5.41) is 0. The van der Waals surface area contributed by atoms with Gasteiger partial charge in [0.1, 0.15) is 0 Å². The summed E-state index contributed by atoms with van der Waals surface area (Å²) in [5.74, 6) is -2.15. The topological polar surface area (TPSA) is 105 Å². The van der Waals surface area contributed by atoms with Crippen molar-refractivity contribution >= 4 is 31.3 Å². The number of nitrogens with two attached hydrogens (primary N) is 2. The Morgan fingerprint density at radius 2 is 1.57 bits per heavy atom. The summed E-state index contributed by atoms with van der Waals surface area (Å²) < 4.78 is 12.3. The van der Waals surface area contributed by atoms with Crippen LogP contribution in [0.25, 0.3) is 0 Å². The van der Waals surface area contributed by atoms with Gasteiger partial charge in [-0.15, -0.1) is 12.4 Å². The second-order valence-electron chi connectivity index (χ2n) is 8.35. The number of aryl methyl sites for hydroxylation is 1. The largest absolute Gasteiger partial charge is 0.461 e. The second-order valence-corrected chi connectivity index (χ2v) is 8.35. The third-order valence-corrected chi connectivity index (χ3v) is 5.77. The van der Waals surface area contributed by atoms with E-state index in [4.69, 9.17) is 20.8 Å². The zero-order valence-corrected chi connectivity index (χ0v) is 18.0. The highest BCUT2D eigenvalue weighted by atomic mass is 35.5. The fraction of sp³-hybridized carbons (Fsp3) is 0.600. The van der Waals surface area contributed by atoms with Crippen LogP contribution in [0.15, 0.2) is 30.3 Å². The predicted octanol–water partition coefficient (Wildman–Crippen LogP) is 2.87. The van der Waals surface area contributed by atoms with Crippen LogP contribution in [-0.2, 0) is 25.3 Å². The Morgan fingerprint density at radius 1 is 1.04 bits per heavy atom. The maximum absolute atomic E-state index is 12.1. The molecule has 8 heteroatoms. The van der Waals surface area contributed by atoms with Gasteiger partial charge in [-0.25, -0.2) is 0 Å². The summed E-state index contributed by atoms with van der Waals surface area (Å²) in [6.07, 6.45) is 2.22. The van der Waals surface area contributed by atoms with Crippen LogP contribution in [0.4, 0.5) is 0 Å². The number of benzene rings is 1. The average Bonchev–Trinajstić information content (AvgIpc) is 2.78. The highest BCUT2D eigenvalue weighted by Crippen LogP contribution is 2.44. The van der Waals surface area contributed by atoms with E-state index < -0.39 is 36.1 Å². The van der Waals surface area contributed by atoms with Crippen LogP contribution in [0.3, 0.4) is 0 Å². The van der Waals surface area contributed by atoms with Crippen molar-refractivity contribution in [1.29, 1.82) is 0 Å². The van der Waals surface area contributed by atoms with Crippen molar-refractivity contribution in [3.63, 3.8) is 0 Å². The summed E-state index contributed by atoms with van der Waals surface area (Å²) in [6.45, 7) is 7.84. The van der Waals surface area contributed by atoms with Crippen LogP contribution in [0.1, 0.15) is 52.5 Å². The molecular weight excluding hydrogens is 378 g/mol. The molecular formula is C20H32BClN2O4. The van der Waals surface area contributed by atoms with Crippen LogP contribution in [-0.4, -0.2) is 30.1 Å². The number of carbonyl (C=O) groups is 2. The van der Waals surface area contributed by atoms with Crippen molar-refractivity contribution < 1.29 is 18.9 Å². The van der Waals surface area contributed by atoms with E-state index in [0.29, 0.717) is 6.42 Å². The zero-order chi connectivity index (χ0) is 20.2. The maximum Gasteiger partial charge on any atom is 0.461 e. The molecule has 1 aliphatic heterocycles. The van der Waals surface area contributed by atoms with E-state index in [2.05, 4.69) is 12.1 Å². The molecule has 1 unspecified atom stereocenters. The smallest absolute Gasteiger partial charge is 0.403 e. The van der Waals surface area contributed by atoms with E-state index in [1.54, 1.807) is 0 Å². The van der Waals surface area contributed by atoms with Gasteiger partial charge >= 0.3 is 7.12 Å². The summed E-state index contributed by atoms with van der Waals surface area (Å²) >= 11 is 0. The Labute approximate surface area is 174 Å². The molecule has 1 aromatic carbocycles. The van der Waals surface area contributed by atoms with E-state index in [-0.39, 0.29) is 24.6 Å². The van der Waals surface area contributed by atoms with Crippen LogP contribution in [0, 0.1) is 5.92 Å². The SMILES string of the molecule is CC1(C)OB([C@H](CCCc2ccccc2)C(CC(N)=O)C(N)=O)OC1(C)C.Cl. The van der Waals surface area contributed by atoms with Gasteiger partial charge in [-0.1, -0.05) is 36.8 Å². The molecule has 0 bridgehead atoms. The molecule has 1 aliphatic rings. The first-order valence-electron chi connectivity index (χ1n) is 9.50. The monoisotopic (exact) mass is 410 g/mol. The Morgan fingerprint density at radius 3 is 2.04 bits per heavy atom. The van der Waals surface area contributed by atoms with Crippen molar-refractivity contribution in [2.45, 2.75) is 70.4 Å². The highest BCUT2D eigenvalue weighted by Gasteiger charge is 2.55. The summed E-state index contributed by atoms with van der Waals surface area (Å²) in [4.78, 5) is 23.6. The molecule has 0 aromatic heterocycles. The molecule has 1 aromatic rings. The normalized spacial score (nSPS) is 19.5. The molecule has 4 N–H and O–H groups in total. The van der Waals surface area contributed by atoms with Gasteiger partial charge in [0, 0.05) is 18.2 Å². The second kappa shape index (κ2) is 9.77. The van der Waals surface area contributed by atoms with E-state index in [1.165, 1.54) is 5.56 Å². The summed E-state index contributed by atoms with van der Waals surface area (Å²) in [5.41, 5.74) is 11.2. The van der Waals surface area contributed by atoms with Crippen molar-refractivity contribution in [2.75, 3.05) is 0 Å². The third kappa shape index (κ3) is 5.96. The third-order valence-electron chi connectivity index (χ3n) is 5.77. The minimum atomic E-state index is -0.715. The maximum atomic E-state index is 12.1. The minimum Gasteiger partial charge on any atom is -0.403 e. The van der Waals surface area contributed by atoms with Gasteiger partial charge in [-0.3, -0.25) is 9.59 Å². The van der Waals surface area contributed by atoms with Crippen LogP contribution in [0.5, 0.6) is 0 Å². The molecule has 2 amide bonds. The summed E-state index contributed by atoms with van der Waals surface area (Å²) in [6, 6.07) is 10.1. The molecule has 0 aliphatic carbocycles. The number of halogens is 1. The molecule has 2 atom stereocenters. The first-order chi connectivity index (χ1) is 12.5. The predicted molar refractivity (Wildman–Crippen MR) is 113 cm³/mol. The highest BCUT2D eigenvalue weighted by molar-refractivity contribution is 6.48. The number of amides is 2. The minimum absolute atomic E-state index is 0. The fourth-order valence-electron chi connectivity index (χ4n) is 3.46. The van der Waals surface area contributed by atoms with Gasteiger partial charge < -0.3 is 20.8 Å². The number of primary amides is 2. The number of hydrogen-bond acceptors (Lipinski definition) is 4. The lowest BCUT2D eigenvalue weighted by molar-refractivity contribution is -0.127. The number of hydrogen-bond donors (Lipinski definition) is 2. The summed E-state index contributed by atoms with van der Waals surface area (Å²) in [7, 11) is -0.609. The first kappa shape index (κ1) is 24.5. The van der Waals surface area contributed by atoms with Crippen molar-refractivity contribution in [1.82, 2.24) is 0 Å². The van der Waals surface area contributed by atoms with Crippen LogP contribution >= 0.6 is 12.4 Å². The number of rotatable bonds is 9. The first-order valence-corrected chi connectivity index (χ1v) is 9.50. The molecule has 0 spiro atoms. The molecule has 2 rings (SSSR count). The lowest BCUT2D eigenvalue weighted by Crippen LogP contribution is -2.41. The molecule has 1 fully saturated rings. The van der Waals surface area contributed by atoms with Gasteiger partial charge in [0.2, 0.25) is 11.8 Å². The van der Waals surface area contributed by atoms with Gasteiger partial charge in [-0.05, 0) is 46.1 Å². The Balaban J connectivity index is 0.00000392. The molecule has 6 nitrogen and oxygen atoms in total. The molecule has 28 heavy (non-hydrogen) atoms. The van der Waals surface area contributed by atoms with Gasteiger partial charge in [0.05, 0.1) is 11.2 Å². The van der Waals surface area contributed by atoms with E-state index in [1.807, 2.05) is 45.9 Å². The van der Waals surface area contributed by atoms with Gasteiger partial charge in [0.25, 0.3) is 0 Å². The van der Waals surface area contributed by atoms with Gasteiger partial charge in [-0.2, -0.15) is 0 Å². The van der Waals surface area contributed by atoms with E-state index in [0.717, 1.165) is 12.8 Å². The van der Waals surface area contributed by atoms with E-state index >= 15 is 0 Å². The fourth-order valence-corrected chi connectivity index (χ4v) is 3.46. The van der Waals surface area contributed by atoms with Gasteiger partial charge in [0.15, 0.2) is 0 Å². The molecule has 1 saturated heterocycles. The molecule has 156 valence electrons. The van der Waals surface area contributed by atoms with Crippen molar-refractivity contribution in [3.8, 4) is 0 Å². The van der Waals surface area contributed by atoms with Crippen LogP contribution < -0.4 is 11.5 Å². The molecule has 0 radical (unpaired) electrons. The zero-order valence-electron chi connectivity index (χ0n) is 17.1. The Kier molecular flexibility index (Phi) is 8.54. The van der Waals surface area contributed by atoms with Crippen LogP contribution in [0.2, 0.25) is 5.82 Å². The van der Waals surface area contributed by atoms with Crippen molar-refractivity contribution in [2.24, 2.45) is 17.4 Å². The Hall–Kier alpha value is -1.57. The standard InChI is InChI=1S/C20H31BN2O4.ClH/c1-19(2)20(3,4)27-21(26-19)16(15(18(23)25)13-17(22)24)12-8-11-14-9-6-5-7-10-14;/h5-7,9-10,15-16H,8,11-13H2,1-4H3,(H2,22,24)(H2,23,25);1H/t15?,16-;/m1./s1. The average molecular weight is 411 g/mol. The number of carbonyl (C=O) groups excluding carboxylic acids is 2. The quantitative estimate of drug-likeness (QED) is 0.611. The Bertz CT molecular complexity index is 653. The van der Waals surface area contributed by atoms with E-state index in [9.17, 15) is 9.59 Å². The van der Waals surface area contributed by atoms with Crippen molar-refractivity contribution in [3.05, 3.63) is 35.9 Å². The molecule has 1 heterocycles. The lowest BCUT2D eigenvalue weighted by Gasteiger charge is -2.32. The lowest BCUT2D eigenvalue weighted by atomic mass is 9.61.